The minimum atomic E-state index is -0.325. The van der Waals surface area contributed by atoms with Gasteiger partial charge in [0.2, 0.25) is 0 Å². The minimum Gasteiger partial charge on any atom is -0.300 e. The van der Waals surface area contributed by atoms with E-state index < -0.39 is 0 Å². The zero-order chi connectivity index (χ0) is 9.90. The average Bonchev–Trinajstić information content (AvgIpc) is 2.20. The lowest BCUT2D eigenvalue weighted by molar-refractivity contribution is -0.128. The molecule has 0 radical (unpaired) electrons. The average molecular weight is 180 g/mol. The summed E-state index contributed by atoms with van der Waals surface area (Å²) in [6.07, 6.45) is 4.56. The van der Waals surface area contributed by atoms with Crippen molar-refractivity contribution in [1.82, 2.24) is 0 Å². The number of rotatable bonds is 2. The zero-order valence-electron chi connectivity index (χ0n) is 8.14. The summed E-state index contributed by atoms with van der Waals surface area (Å²) in [5.74, 6) is 0.444. The summed E-state index contributed by atoms with van der Waals surface area (Å²) < 4.78 is 0. The van der Waals surface area contributed by atoms with Gasteiger partial charge in [-0.25, -0.2) is 0 Å². The van der Waals surface area contributed by atoms with Crippen molar-refractivity contribution in [2.75, 3.05) is 0 Å². The van der Waals surface area contributed by atoms with E-state index in [0.717, 1.165) is 0 Å². The van der Waals surface area contributed by atoms with E-state index in [1.807, 2.05) is 6.92 Å². The highest BCUT2D eigenvalue weighted by Crippen LogP contribution is 2.33. The maximum absolute atomic E-state index is 11.7. The molecule has 0 amide bonds. The molecule has 72 valence electrons. The highest BCUT2D eigenvalue weighted by atomic mass is 16.1. The van der Waals surface area contributed by atoms with Crippen LogP contribution < -0.4 is 0 Å². The molecule has 1 saturated carbocycles. The summed E-state index contributed by atoms with van der Waals surface area (Å²) in [5, 5.41) is 0. The van der Waals surface area contributed by atoms with E-state index in [9.17, 15) is 9.59 Å². The molecule has 1 atom stereocenters. The minimum absolute atomic E-state index is 0.221. The summed E-state index contributed by atoms with van der Waals surface area (Å²) in [5.41, 5.74) is -0.325. The molecule has 0 bridgehead atoms. The molecule has 0 heterocycles. The molecule has 13 heavy (non-hydrogen) atoms. The van der Waals surface area contributed by atoms with Crippen LogP contribution >= 0.6 is 0 Å². The summed E-state index contributed by atoms with van der Waals surface area (Å²) in [7, 11) is 0. The Morgan fingerprint density at radius 2 is 2.08 bits per heavy atom. The Labute approximate surface area is 79.0 Å². The van der Waals surface area contributed by atoms with Gasteiger partial charge >= 0.3 is 0 Å². The number of hydrogen-bond acceptors (Lipinski definition) is 2. The van der Waals surface area contributed by atoms with Gasteiger partial charge in [-0.2, -0.15) is 0 Å². The van der Waals surface area contributed by atoms with Crippen molar-refractivity contribution in [3.63, 3.8) is 0 Å². The Balaban J connectivity index is 2.76. The molecular weight excluding hydrogens is 164 g/mol. The Morgan fingerprint density at radius 1 is 1.38 bits per heavy atom. The molecule has 1 aliphatic carbocycles. The third kappa shape index (κ3) is 2.27. The number of hydrogen-bond donors (Lipinski definition) is 0. The lowest BCUT2D eigenvalue weighted by Crippen LogP contribution is -2.25. The monoisotopic (exact) mass is 180 g/mol. The van der Waals surface area contributed by atoms with Crippen LogP contribution in [0, 0.1) is 5.41 Å². The second-order valence-corrected chi connectivity index (χ2v) is 4.02. The lowest BCUT2D eigenvalue weighted by Gasteiger charge is -2.24. The molecule has 0 spiro atoms. The fourth-order valence-corrected chi connectivity index (χ4v) is 1.77. The van der Waals surface area contributed by atoms with Crippen LogP contribution in [0.4, 0.5) is 0 Å². The Bertz CT molecular complexity index is 242. The van der Waals surface area contributed by atoms with Crippen LogP contribution in [-0.4, -0.2) is 11.6 Å². The van der Waals surface area contributed by atoms with Gasteiger partial charge in [0.1, 0.15) is 11.6 Å². The van der Waals surface area contributed by atoms with E-state index in [1.165, 1.54) is 0 Å². The second-order valence-electron chi connectivity index (χ2n) is 4.02. The standard InChI is InChI=1S/C11H16O2/c1-3-7-11(2)8-6-9(12)4-5-10(11)13/h3H,1,4-8H2,2H3. The molecule has 0 aromatic heterocycles. The van der Waals surface area contributed by atoms with E-state index in [-0.39, 0.29) is 17.0 Å². The lowest BCUT2D eigenvalue weighted by atomic mass is 9.78. The van der Waals surface area contributed by atoms with Gasteiger partial charge in [-0.3, -0.25) is 9.59 Å². The number of ketones is 2. The van der Waals surface area contributed by atoms with Gasteiger partial charge in [0, 0.05) is 24.7 Å². The predicted molar refractivity (Wildman–Crippen MR) is 51.4 cm³/mol. The van der Waals surface area contributed by atoms with Crippen LogP contribution in [0.1, 0.15) is 39.0 Å². The van der Waals surface area contributed by atoms with Gasteiger partial charge < -0.3 is 0 Å². The van der Waals surface area contributed by atoms with E-state index in [2.05, 4.69) is 6.58 Å². The van der Waals surface area contributed by atoms with Crippen LogP contribution in [0.3, 0.4) is 0 Å². The van der Waals surface area contributed by atoms with E-state index in [0.29, 0.717) is 32.1 Å². The molecule has 1 fully saturated rings. The third-order valence-electron chi connectivity index (χ3n) is 2.85. The molecule has 0 saturated heterocycles. The largest absolute Gasteiger partial charge is 0.300 e. The maximum Gasteiger partial charge on any atom is 0.139 e. The van der Waals surface area contributed by atoms with Gasteiger partial charge in [-0.1, -0.05) is 13.0 Å². The molecule has 2 heteroatoms. The number of allylic oxidation sites excluding steroid dienone is 1. The molecule has 0 aromatic carbocycles. The van der Waals surface area contributed by atoms with E-state index >= 15 is 0 Å². The molecule has 2 nitrogen and oxygen atoms in total. The van der Waals surface area contributed by atoms with Crippen LogP contribution in [0.15, 0.2) is 12.7 Å². The van der Waals surface area contributed by atoms with Crippen LogP contribution in [0.2, 0.25) is 0 Å². The first-order chi connectivity index (χ1) is 6.08. The van der Waals surface area contributed by atoms with Crippen LogP contribution in [-0.2, 0) is 9.59 Å². The Morgan fingerprint density at radius 3 is 2.69 bits per heavy atom. The fourth-order valence-electron chi connectivity index (χ4n) is 1.77. The topological polar surface area (TPSA) is 34.1 Å². The smallest absolute Gasteiger partial charge is 0.139 e. The van der Waals surface area contributed by atoms with Crippen molar-refractivity contribution in [2.24, 2.45) is 5.41 Å². The maximum atomic E-state index is 11.7. The quantitative estimate of drug-likeness (QED) is 0.482. The van der Waals surface area contributed by atoms with Crippen LogP contribution in [0.25, 0.3) is 0 Å². The van der Waals surface area contributed by atoms with Gasteiger partial charge in [0.25, 0.3) is 0 Å². The van der Waals surface area contributed by atoms with Gasteiger partial charge in [-0.05, 0) is 12.8 Å². The third-order valence-corrected chi connectivity index (χ3v) is 2.85. The highest BCUT2D eigenvalue weighted by Gasteiger charge is 2.34. The predicted octanol–water partition coefficient (Wildman–Crippen LogP) is 2.28. The Kier molecular flexibility index (Phi) is 3.02. The zero-order valence-corrected chi connectivity index (χ0v) is 8.14. The first-order valence-corrected chi connectivity index (χ1v) is 4.74. The molecule has 1 unspecified atom stereocenters. The van der Waals surface area contributed by atoms with Crippen molar-refractivity contribution < 1.29 is 9.59 Å². The molecule has 0 aromatic rings. The molecule has 0 aliphatic heterocycles. The summed E-state index contributed by atoms with van der Waals surface area (Å²) in [6, 6.07) is 0. The van der Waals surface area contributed by atoms with Gasteiger partial charge in [0.15, 0.2) is 0 Å². The summed E-state index contributed by atoms with van der Waals surface area (Å²) >= 11 is 0. The first-order valence-electron chi connectivity index (χ1n) is 4.74. The number of Topliss-reactive ketones (excluding diaryl/α,β-unsaturated/α-hetero) is 2. The summed E-state index contributed by atoms with van der Waals surface area (Å²) in [4.78, 5) is 22.8. The molecule has 0 N–H and O–H groups in total. The molecular formula is C11H16O2. The summed E-state index contributed by atoms with van der Waals surface area (Å²) in [6.45, 7) is 5.59. The van der Waals surface area contributed by atoms with Crippen molar-refractivity contribution in [2.45, 2.75) is 39.0 Å². The van der Waals surface area contributed by atoms with E-state index in [1.54, 1.807) is 6.08 Å². The molecule has 1 aliphatic rings. The van der Waals surface area contributed by atoms with Crippen molar-refractivity contribution in [3.8, 4) is 0 Å². The van der Waals surface area contributed by atoms with Gasteiger partial charge in [0.05, 0.1) is 0 Å². The van der Waals surface area contributed by atoms with Crippen molar-refractivity contribution in [1.29, 1.82) is 0 Å². The SMILES string of the molecule is C=CCC1(C)CCC(=O)CCC1=O. The normalized spacial score (nSPS) is 29.9. The first kappa shape index (κ1) is 10.2. The number of carbonyl (C=O) groups is 2. The van der Waals surface area contributed by atoms with Gasteiger partial charge in [-0.15, -0.1) is 6.58 Å². The van der Waals surface area contributed by atoms with Crippen LogP contribution in [0.5, 0.6) is 0 Å². The Hall–Kier alpha value is -0.920. The highest BCUT2D eigenvalue weighted by molar-refractivity contribution is 5.91. The molecule has 1 rings (SSSR count). The van der Waals surface area contributed by atoms with Crippen molar-refractivity contribution >= 4 is 11.6 Å². The van der Waals surface area contributed by atoms with E-state index in [4.69, 9.17) is 0 Å². The van der Waals surface area contributed by atoms with Crippen molar-refractivity contribution in [3.05, 3.63) is 12.7 Å². The fraction of sp³-hybridized carbons (Fsp3) is 0.636. The number of carbonyl (C=O) groups excluding carboxylic acids is 2. The second kappa shape index (κ2) is 3.86.